The van der Waals surface area contributed by atoms with E-state index in [1.807, 2.05) is 12.1 Å². The number of hydrogen-bond donors (Lipinski definition) is 1. The summed E-state index contributed by atoms with van der Waals surface area (Å²) >= 11 is 0. The molecule has 132 valence electrons. The number of fused-ring (bicyclic) bond motifs is 1. The van der Waals surface area contributed by atoms with Gasteiger partial charge in [-0.05, 0) is 30.7 Å². The molecule has 0 atom stereocenters. The van der Waals surface area contributed by atoms with Crippen LogP contribution in [-0.4, -0.2) is 32.3 Å². The Morgan fingerprint density at radius 1 is 1.22 bits per heavy atom. The van der Waals surface area contributed by atoms with Crippen molar-refractivity contribution in [1.29, 1.82) is 5.26 Å². The second-order valence-electron chi connectivity index (χ2n) is 6.22. The highest BCUT2D eigenvalue weighted by Gasteiger charge is 2.26. The molecule has 7 heteroatoms. The van der Waals surface area contributed by atoms with E-state index in [-0.39, 0.29) is 18.0 Å². The van der Waals surface area contributed by atoms with Crippen LogP contribution in [0.5, 0.6) is 0 Å². The zero-order valence-corrected chi connectivity index (χ0v) is 14.3. The van der Waals surface area contributed by atoms with Crippen LogP contribution >= 0.6 is 0 Å². The van der Waals surface area contributed by atoms with E-state index in [4.69, 9.17) is 0 Å². The molecule has 4 rings (SSSR count). The zero-order valence-electron chi connectivity index (χ0n) is 14.3. The summed E-state index contributed by atoms with van der Waals surface area (Å²) in [6, 6.07) is 12.3. The quantitative estimate of drug-likeness (QED) is 0.754. The molecule has 1 aliphatic heterocycles. The van der Waals surface area contributed by atoms with Gasteiger partial charge in [-0.25, -0.2) is 4.98 Å². The molecule has 3 heterocycles. The first-order valence-electron chi connectivity index (χ1n) is 8.48. The second-order valence-corrected chi connectivity index (χ2v) is 6.22. The van der Waals surface area contributed by atoms with E-state index in [9.17, 15) is 14.9 Å². The zero-order chi connectivity index (χ0) is 18.8. The van der Waals surface area contributed by atoms with Crippen molar-refractivity contribution in [3.63, 3.8) is 0 Å². The van der Waals surface area contributed by atoms with Crippen molar-refractivity contribution >= 4 is 5.91 Å². The van der Waals surface area contributed by atoms with Crippen molar-refractivity contribution in [3.05, 3.63) is 81.5 Å². The molecule has 0 unspecified atom stereocenters. The number of rotatable bonds is 2. The Bertz CT molecular complexity index is 1120. The topological polar surface area (TPSA) is 103 Å². The number of nitrogens with zero attached hydrogens (tertiary/aromatic N) is 4. The number of benzene rings is 1. The highest BCUT2D eigenvalue weighted by molar-refractivity contribution is 5.96. The standard InChI is InChI=1S/C20H15N5O2/c21-10-13-4-1-2-6-15(13)20(27)25-9-7-16-17(12-25)23-18(24-19(16)26)14-5-3-8-22-11-14/h1-6,8,11H,7,9,12H2,(H,23,24,26). The molecule has 2 aromatic heterocycles. The summed E-state index contributed by atoms with van der Waals surface area (Å²) in [6.07, 6.45) is 3.69. The monoisotopic (exact) mass is 357 g/mol. The van der Waals surface area contributed by atoms with E-state index < -0.39 is 0 Å². The van der Waals surface area contributed by atoms with Gasteiger partial charge in [0.1, 0.15) is 5.82 Å². The average molecular weight is 357 g/mol. The van der Waals surface area contributed by atoms with Gasteiger partial charge in [0.25, 0.3) is 11.5 Å². The third-order valence-electron chi connectivity index (χ3n) is 4.57. The molecule has 1 amide bonds. The highest BCUT2D eigenvalue weighted by atomic mass is 16.2. The first-order valence-corrected chi connectivity index (χ1v) is 8.48. The van der Waals surface area contributed by atoms with Crippen LogP contribution in [0.15, 0.2) is 53.6 Å². The maximum Gasteiger partial charge on any atom is 0.255 e. The molecule has 0 radical (unpaired) electrons. The second kappa shape index (κ2) is 6.84. The number of hydrogen-bond acceptors (Lipinski definition) is 5. The van der Waals surface area contributed by atoms with Gasteiger partial charge in [-0.2, -0.15) is 5.26 Å². The number of carbonyl (C=O) groups is 1. The molecule has 0 fully saturated rings. The number of carbonyl (C=O) groups excluding carboxylic acids is 1. The van der Waals surface area contributed by atoms with Crippen molar-refractivity contribution in [1.82, 2.24) is 19.9 Å². The summed E-state index contributed by atoms with van der Waals surface area (Å²) < 4.78 is 0. The predicted molar refractivity (Wildman–Crippen MR) is 97.7 cm³/mol. The largest absolute Gasteiger partial charge is 0.332 e. The third kappa shape index (κ3) is 3.09. The molecule has 0 aliphatic carbocycles. The van der Waals surface area contributed by atoms with E-state index in [0.29, 0.717) is 46.7 Å². The van der Waals surface area contributed by atoms with E-state index >= 15 is 0 Å². The lowest BCUT2D eigenvalue weighted by Crippen LogP contribution is -2.39. The van der Waals surface area contributed by atoms with Gasteiger partial charge in [0.15, 0.2) is 0 Å². The Morgan fingerprint density at radius 3 is 2.85 bits per heavy atom. The molecule has 1 N–H and O–H groups in total. The van der Waals surface area contributed by atoms with Crippen molar-refractivity contribution in [2.45, 2.75) is 13.0 Å². The van der Waals surface area contributed by atoms with Gasteiger partial charge in [0.05, 0.1) is 29.4 Å². The van der Waals surface area contributed by atoms with Crippen LogP contribution in [0.4, 0.5) is 0 Å². The third-order valence-corrected chi connectivity index (χ3v) is 4.57. The molecule has 1 aromatic carbocycles. The fourth-order valence-electron chi connectivity index (χ4n) is 3.19. The fourth-order valence-corrected chi connectivity index (χ4v) is 3.19. The molecule has 1 aliphatic rings. The Labute approximate surface area is 154 Å². The van der Waals surface area contributed by atoms with Crippen molar-refractivity contribution < 1.29 is 4.79 Å². The lowest BCUT2D eigenvalue weighted by molar-refractivity contribution is 0.0731. The van der Waals surface area contributed by atoms with Gasteiger partial charge < -0.3 is 9.88 Å². The van der Waals surface area contributed by atoms with E-state index in [1.165, 1.54) is 0 Å². The molecule has 0 saturated heterocycles. The summed E-state index contributed by atoms with van der Waals surface area (Å²) in [6.45, 7) is 0.633. The average Bonchev–Trinajstić information content (AvgIpc) is 2.73. The van der Waals surface area contributed by atoms with Gasteiger partial charge in [-0.1, -0.05) is 12.1 Å². The number of H-pyrrole nitrogens is 1. The first kappa shape index (κ1) is 16.7. The molecule has 0 bridgehead atoms. The Kier molecular flexibility index (Phi) is 4.22. The minimum atomic E-state index is -0.234. The van der Waals surface area contributed by atoms with Crippen LogP contribution in [0.25, 0.3) is 11.4 Å². The van der Waals surface area contributed by atoms with Crippen LogP contribution in [0.3, 0.4) is 0 Å². The maximum absolute atomic E-state index is 12.9. The Balaban J connectivity index is 1.68. The summed E-state index contributed by atoms with van der Waals surface area (Å²) in [5.74, 6) is 0.196. The van der Waals surface area contributed by atoms with Crippen LogP contribution in [0.2, 0.25) is 0 Å². The number of pyridine rings is 1. The van der Waals surface area contributed by atoms with Crippen molar-refractivity contribution in [2.24, 2.45) is 0 Å². The minimum Gasteiger partial charge on any atom is -0.332 e. The van der Waals surface area contributed by atoms with Crippen LogP contribution < -0.4 is 5.56 Å². The predicted octanol–water partition coefficient (Wildman–Crippen LogP) is 1.90. The molecule has 0 spiro atoms. The van der Waals surface area contributed by atoms with Crippen LogP contribution in [0, 0.1) is 11.3 Å². The fraction of sp³-hybridized carbons (Fsp3) is 0.150. The van der Waals surface area contributed by atoms with E-state index in [2.05, 4.69) is 15.0 Å². The van der Waals surface area contributed by atoms with Gasteiger partial charge in [-0.15, -0.1) is 0 Å². The normalized spacial score (nSPS) is 12.9. The summed E-state index contributed by atoms with van der Waals surface area (Å²) in [7, 11) is 0. The number of nitriles is 1. The highest BCUT2D eigenvalue weighted by Crippen LogP contribution is 2.20. The van der Waals surface area contributed by atoms with E-state index in [0.717, 1.165) is 0 Å². The van der Waals surface area contributed by atoms with Gasteiger partial charge in [0.2, 0.25) is 0 Å². The number of amides is 1. The Hall–Kier alpha value is -3.79. The molecule has 3 aromatic rings. The van der Waals surface area contributed by atoms with Gasteiger partial charge >= 0.3 is 0 Å². The molecule has 0 saturated carbocycles. The minimum absolute atomic E-state index is 0.191. The number of nitrogens with one attached hydrogen (secondary N) is 1. The van der Waals surface area contributed by atoms with E-state index in [1.54, 1.807) is 47.6 Å². The van der Waals surface area contributed by atoms with Gasteiger partial charge in [-0.3, -0.25) is 14.6 Å². The smallest absolute Gasteiger partial charge is 0.255 e. The molecular weight excluding hydrogens is 342 g/mol. The SMILES string of the molecule is N#Cc1ccccc1C(=O)N1CCc2c(nc(-c3cccnc3)[nH]c2=O)C1. The molecular formula is C20H15N5O2. The Morgan fingerprint density at radius 2 is 2.07 bits per heavy atom. The molecule has 7 nitrogen and oxygen atoms in total. The number of aromatic nitrogens is 3. The summed E-state index contributed by atoms with van der Waals surface area (Å²) in [5.41, 5.74) is 2.38. The summed E-state index contributed by atoms with van der Waals surface area (Å²) in [5, 5.41) is 9.24. The summed E-state index contributed by atoms with van der Waals surface area (Å²) in [4.78, 5) is 38.3. The van der Waals surface area contributed by atoms with Crippen molar-refractivity contribution in [2.75, 3.05) is 6.54 Å². The lowest BCUT2D eigenvalue weighted by atomic mass is 10.0. The van der Waals surface area contributed by atoms with Gasteiger partial charge in [0, 0.05) is 30.1 Å². The number of aromatic amines is 1. The van der Waals surface area contributed by atoms with Crippen LogP contribution in [0.1, 0.15) is 27.2 Å². The first-order chi connectivity index (χ1) is 13.2. The van der Waals surface area contributed by atoms with Crippen molar-refractivity contribution in [3.8, 4) is 17.5 Å². The lowest BCUT2D eigenvalue weighted by Gasteiger charge is -2.28. The maximum atomic E-state index is 12.9. The molecule has 27 heavy (non-hydrogen) atoms. The van der Waals surface area contributed by atoms with Crippen LogP contribution in [-0.2, 0) is 13.0 Å².